The Balaban J connectivity index is 1.73. The van der Waals surface area contributed by atoms with Crippen LogP contribution in [-0.2, 0) is 16.1 Å². The third-order valence-corrected chi connectivity index (χ3v) is 4.72. The van der Waals surface area contributed by atoms with E-state index in [9.17, 15) is 13.6 Å². The van der Waals surface area contributed by atoms with Crippen molar-refractivity contribution in [2.24, 2.45) is 0 Å². The highest BCUT2D eigenvalue weighted by Gasteiger charge is 2.21. The van der Waals surface area contributed by atoms with Crippen LogP contribution in [0.2, 0.25) is 0 Å². The van der Waals surface area contributed by atoms with Crippen LogP contribution in [0.4, 0.5) is 8.78 Å². The Morgan fingerprint density at radius 1 is 1.43 bits per heavy atom. The van der Waals surface area contributed by atoms with E-state index >= 15 is 0 Å². The zero-order valence-electron chi connectivity index (χ0n) is 13.0. The van der Waals surface area contributed by atoms with Crippen molar-refractivity contribution in [2.75, 3.05) is 39.4 Å². The molecule has 2 rings (SSSR count). The molecule has 1 fully saturated rings. The van der Waals surface area contributed by atoms with Crippen molar-refractivity contribution >= 4 is 21.8 Å². The van der Waals surface area contributed by atoms with Crippen LogP contribution >= 0.6 is 15.9 Å². The van der Waals surface area contributed by atoms with Crippen molar-refractivity contribution in [3.05, 3.63) is 15.9 Å². The first-order valence-electron chi connectivity index (χ1n) is 7.56. The molecule has 1 saturated heterocycles. The van der Waals surface area contributed by atoms with E-state index in [1.54, 1.807) is 6.92 Å². The zero-order valence-corrected chi connectivity index (χ0v) is 14.6. The number of alkyl halides is 2. The molecule has 1 amide bonds. The van der Waals surface area contributed by atoms with Gasteiger partial charge in [-0.05, 0) is 35.8 Å². The quantitative estimate of drug-likeness (QED) is 0.715. The topological polar surface area (TPSA) is 59.4 Å². The van der Waals surface area contributed by atoms with Crippen molar-refractivity contribution in [2.45, 2.75) is 26.3 Å². The summed E-state index contributed by atoms with van der Waals surface area (Å²) in [5.74, 6) is -0.231. The molecule has 9 heteroatoms. The maximum atomic E-state index is 12.8. The van der Waals surface area contributed by atoms with Gasteiger partial charge in [-0.1, -0.05) is 0 Å². The smallest absolute Gasteiger partial charge is 0.283 e. The Morgan fingerprint density at radius 3 is 2.74 bits per heavy atom. The second kappa shape index (κ2) is 8.70. The molecule has 0 atom stereocenters. The van der Waals surface area contributed by atoms with Crippen LogP contribution in [0, 0.1) is 6.92 Å². The Bertz CT molecular complexity index is 533. The molecule has 1 aromatic heterocycles. The number of halogens is 3. The molecule has 0 spiro atoms. The van der Waals surface area contributed by atoms with Crippen molar-refractivity contribution in [1.82, 2.24) is 20.0 Å². The molecule has 0 radical (unpaired) electrons. The molecule has 0 saturated carbocycles. The minimum absolute atomic E-state index is 0.0608. The van der Waals surface area contributed by atoms with Crippen LogP contribution in [0.5, 0.6) is 0 Å². The number of carbonyl (C=O) groups is 1. The summed E-state index contributed by atoms with van der Waals surface area (Å²) in [5, 5.41) is 6.58. The molecule has 0 unspecified atom stereocenters. The molecule has 0 aliphatic carbocycles. The Morgan fingerprint density at radius 2 is 2.13 bits per heavy atom. The average Bonchev–Trinajstić information content (AvgIpc) is 2.81. The van der Waals surface area contributed by atoms with Gasteiger partial charge in [0.15, 0.2) is 0 Å². The molecule has 23 heavy (non-hydrogen) atoms. The second-order valence-corrected chi connectivity index (χ2v) is 6.19. The number of nitrogens with one attached hydrogen (secondary N) is 1. The molecule has 1 aliphatic rings. The van der Waals surface area contributed by atoms with E-state index in [2.05, 4.69) is 31.2 Å². The fourth-order valence-electron chi connectivity index (χ4n) is 2.39. The number of morpholine rings is 1. The van der Waals surface area contributed by atoms with Gasteiger partial charge in [0, 0.05) is 19.6 Å². The summed E-state index contributed by atoms with van der Waals surface area (Å²) in [6.45, 7) is 6.41. The lowest BCUT2D eigenvalue weighted by Gasteiger charge is -2.26. The maximum absolute atomic E-state index is 12.8. The molecular weight excluding hydrogens is 374 g/mol. The van der Waals surface area contributed by atoms with Crippen LogP contribution in [-0.4, -0.2) is 60.0 Å². The maximum Gasteiger partial charge on any atom is 0.283 e. The van der Waals surface area contributed by atoms with Crippen LogP contribution < -0.4 is 5.32 Å². The monoisotopic (exact) mass is 394 g/mol. The van der Waals surface area contributed by atoms with Gasteiger partial charge < -0.3 is 10.1 Å². The first-order chi connectivity index (χ1) is 11.0. The van der Waals surface area contributed by atoms with Gasteiger partial charge in [0.25, 0.3) is 6.43 Å². The minimum Gasteiger partial charge on any atom is -0.379 e. The van der Waals surface area contributed by atoms with E-state index in [0.717, 1.165) is 39.3 Å². The van der Waals surface area contributed by atoms with Crippen molar-refractivity contribution in [3.63, 3.8) is 0 Å². The molecule has 1 aliphatic heterocycles. The van der Waals surface area contributed by atoms with E-state index in [4.69, 9.17) is 4.74 Å². The molecule has 6 nitrogen and oxygen atoms in total. The number of ether oxygens (including phenoxy) is 1. The van der Waals surface area contributed by atoms with Gasteiger partial charge in [0.2, 0.25) is 5.91 Å². The molecule has 2 heterocycles. The number of amides is 1. The normalized spacial score (nSPS) is 16.0. The van der Waals surface area contributed by atoms with E-state index < -0.39 is 6.43 Å². The summed E-state index contributed by atoms with van der Waals surface area (Å²) in [4.78, 5) is 14.2. The summed E-state index contributed by atoms with van der Waals surface area (Å²) in [6, 6.07) is 0. The first kappa shape index (κ1) is 18.3. The van der Waals surface area contributed by atoms with Crippen LogP contribution in [0.25, 0.3) is 0 Å². The summed E-state index contributed by atoms with van der Waals surface area (Å²) in [7, 11) is 0. The predicted molar refractivity (Wildman–Crippen MR) is 84.5 cm³/mol. The van der Waals surface area contributed by atoms with E-state index in [0.29, 0.717) is 12.2 Å². The van der Waals surface area contributed by atoms with Gasteiger partial charge in [0.1, 0.15) is 12.2 Å². The van der Waals surface area contributed by atoms with Crippen LogP contribution in [0.15, 0.2) is 4.47 Å². The summed E-state index contributed by atoms with van der Waals surface area (Å²) in [6.07, 6.45) is -1.82. The molecule has 130 valence electrons. The van der Waals surface area contributed by atoms with Gasteiger partial charge >= 0.3 is 0 Å². The predicted octanol–water partition coefficient (Wildman–Crippen LogP) is 1.73. The van der Waals surface area contributed by atoms with Crippen LogP contribution in [0.1, 0.15) is 24.2 Å². The summed E-state index contributed by atoms with van der Waals surface area (Å²) < 4.78 is 32.4. The third kappa shape index (κ3) is 5.22. The summed E-state index contributed by atoms with van der Waals surface area (Å²) in [5.41, 5.74) is 0.186. The first-order valence-corrected chi connectivity index (χ1v) is 8.36. The highest BCUT2D eigenvalue weighted by molar-refractivity contribution is 9.10. The lowest BCUT2D eigenvalue weighted by Crippen LogP contribution is -2.38. The molecule has 0 bridgehead atoms. The third-order valence-electron chi connectivity index (χ3n) is 3.74. The number of hydrogen-bond donors (Lipinski definition) is 1. The number of rotatable bonds is 7. The SMILES string of the molecule is Cc1c(Br)c(C(F)F)nn1CC(=O)NCCCN1CCOCC1. The summed E-state index contributed by atoms with van der Waals surface area (Å²) >= 11 is 3.09. The minimum atomic E-state index is -2.67. The molecule has 1 aromatic rings. The largest absolute Gasteiger partial charge is 0.379 e. The fourth-order valence-corrected chi connectivity index (χ4v) is 2.85. The van der Waals surface area contributed by atoms with Crippen molar-refractivity contribution in [3.8, 4) is 0 Å². The highest BCUT2D eigenvalue weighted by atomic mass is 79.9. The number of nitrogens with zero attached hydrogens (tertiary/aromatic N) is 3. The standard InChI is InChI=1S/C14H21BrF2N4O2/c1-10-12(15)13(14(16)17)19-21(10)9-11(22)18-3-2-4-20-5-7-23-8-6-20/h14H,2-9H2,1H3,(H,18,22). The van der Waals surface area contributed by atoms with Crippen molar-refractivity contribution < 1.29 is 18.3 Å². The van der Waals surface area contributed by atoms with E-state index in [1.165, 1.54) is 4.68 Å². The van der Waals surface area contributed by atoms with Gasteiger partial charge in [-0.15, -0.1) is 0 Å². The average molecular weight is 395 g/mol. The van der Waals surface area contributed by atoms with Gasteiger partial charge in [-0.2, -0.15) is 5.10 Å². The van der Waals surface area contributed by atoms with Gasteiger partial charge in [-0.25, -0.2) is 8.78 Å². The number of carbonyl (C=O) groups excluding carboxylic acids is 1. The van der Waals surface area contributed by atoms with Gasteiger partial charge in [-0.3, -0.25) is 14.4 Å². The molecular formula is C14H21BrF2N4O2. The zero-order chi connectivity index (χ0) is 16.8. The van der Waals surface area contributed by atoms with Gasteiger partial charge in [0.05, 0.1) is 23.4 Å². The van der Waals surface area contributed by atoms with Crippen molar-refractivity contribution in [1.29, 1.82) is 0 Å². The Kier molecular flexibility index (Phi) is 6.91. The lowest BCUT2D eigenvalue weighted by atomic mass is 10.3. The lowest BCUT2D eigenvalue weighted by molar-refractivity contribution is -0.121. The Labute approximate surface area is 142 Å². The molecule has 0 aromatic carbocycles. The van der Waals surface area contributed by atoms with E-state index in [1.807, 2.05) is 0 Å². The second-order valence-electron chi connectivity index (χ2n) is 5.40. The number of aromatic nitrogens is 2. The van der Waals surface area contributed by atoms with E-state index in [-0.39, 0.29) is 22.6 Å². The highest BCUT2D eigenvalue weighted by Crippen LogP contribution is 2.28. The fraction of sp³-hybridized carbons (Fsp3) is 0.714. The Hall–Kier alpha value is -1.06. The molecule has 1 N–H and O–H groups in total. The number of hydrogen-bond acceptors (Lipinski definition) is 4. The van der Waals surface area contributed by atoms with Crippen LogP contribution in [0.3, 0.4) is 0 Å².